The van der Waals surface area contributed by atoms with Crippen LogP contribution in [0.4, 0.5) is 13.2 Å². The van der Waals surface area contributed by atoms with E-state index in [1.165, 1.54) is 6.92 Å². The van der Waals surface area contributed by atoms with E-state index in [1.807, 2.05) is 0 Å². The topological polar surface area (TPSA) is 38.3 Å². The van der Waals surface area contributed by atoms with Crippen LogP contribution in [0.2, 0.25) is 0 Å². The number of halogens is 4. The second-order valence-electron chi connectivity index (χ2n) is 5.76. The first kappa shape index (κ1) is 18.1. The number of hydrogen-bond donors (Lipinski definition) is 1. The Bertz CT molecular complexity index is 533. The summed E-state index contributed by atoms with van der Waals surface area (Å²) in [5.41, 5.74) is 0. The van der Waals surface area contributed by atoms with Crippen molar-refractivity contribution in [2.45, 2.75) is 50.9 Å². The Balaban J connectivity index is 1.95. The highest BCUT2D eigenvalue weighted by Gasteiger charge is 2.46. The first-order valence-electron chi connectivity index (χ1n) is 7.56. The van der Waals surface area contributed by atoms with Crippen molar-refractivity contribution in [2.75, 3.05) is 0 Å². The molecule has 3 atom stereocenters. The van der Waals surface area contributed by atoms with Crippen LogP contribution in [0.1, 0.15) is 32.6 Å². The molecule has 0 bridgehead atoms. The molecule has 1 amide bonds. The molecule has 0 aromatic heterocycles. The molecule has 1 aliphatic rings. The normalized spacial score (nSPS) is 23.2. The quantitative estimate of drug-likeness (QED) is 0.820. The molecule has 1 aromatic rings. The van der Waals surface area contributed by atoms with Crippen LogP contribution in [-0.2, 0) is 4.79 Å². The fourth-order valence-electron chi connectivity index (χ4n) is 2.77. The molecule has 1 N–H and O–H groups in total. The number of carbonyl (C=O) groups is 1. The van der Waals surface area contributed by atoms with Gasteiger partial charge in [0, 0.05) is 10.5 Å². The summed E-state index contributed by atoms with van der Waals surface area (Å²) >= 11 is 3.29. The molecule has 1 aliphatic carbocycles. The predicted molar refractivity (Wildman–Crippen MR) is 84.2 cm³/mol. The minimum atomic E-state index is -4.28. The Morgan fingerprint density at radius 3 is 2.48 bits per heavy atom. The highest BCUT2D eigenvalue weighted by Crippen LogP contribution is 2.37. The van der Waals surface area contributed by atoms with Gasteiger partial charge >= 0.3 is 6.18 Å². The second kappa shape index (κ2) is 7.55. The summed E-state index contributed by atoms with van der Waals surface area (Å²) in [6.45, 7) is 1.53. The van der Waals surface area contributed by atoms with Gasteiger partial charge in [-0.15, -0.1) is 0 Å². The molecule has 23 heavy (non-hydrogen) atoms. The van der Waals surface area contributed by atoms with Crippen molar-refractivity contribution in [1.82, 2.24) is 5.32 Å². The fourth-order valence-corrected chi connectivity index (χ4v) is 3.03. The first-order chi connectivity index (χ1) is 10.8. The summed E-state index contributed by atoms with van der Waals surface area (Å²) in [7, 11) is 0. The van der Waals surface area contributed by atoms with Gasteiger partial charge in [-0.25, -0.2) is 0 Å². The van der Waals surface area contributed by atoms with Crippen molar-refractivity contribution in [2.24, 2.45) is 5.92 Å². The first-order valence-corrected chi connectivity index (χ1v) is 8.36. The Labute approximate surface area is 141 Å². The van der Waals surface area contributed by atoms with E-state index >= 15 is 0 Å². The third-order valence-corrected chi connectivity index (χ3v) is 4.54. The average Bonchev–Trinajstić information content (AvgIpc) is 2.49. The van der Waals surface area contributed by atoms with Crippen LogP contribution in [0, 0.1) is 5.92 Å². The summed E-state index contributed by atoms with van der Waals surface area (Å²) in [6, 6.07) is 6.04. The molecule has 1 saturated carbocycles. The predicted octanol–water partition coefficient (Wildman–Crippen LogP) is 4.45. The van der Waals surface area contributed by atoms with Crippen molar-refractivity contribution in [3.05, 3.63) is 28.7 Å². The lowest BCUT2D eigenvalue weighted by atomic mass is 9.84. The molecule has 0 heterocycles. The van der Waals surface area contributed by atoms with E-state index in [4.69, 9.17) is 4.74 Å². The van der Waals surface area contributed by atoms with E-state index in [-0.39, 0.29) is 6.42 Å². The van der Waals surface area contributed by atoms with Gasteiger partial charge in [0.1, 0.15) is 5.75 Å². The number of ether oxygens (including phenoxy) is 1. The fraction of sp³-hybridized carbons (Fsp3) is 0.562. The molecule has 0 saturated heterocycles. The smallest absolute Gasteiger partial charge is 0.393 e. The van der Waals surface area contributed by atoms with E-state index in [9.17, 15) is 18.0 Å². The minimum Gasteiger partial charge on any atom is -0.481 e. The number of hydrogen-bond acceptors (Lipinski definition) is 2. The van der Waals surface area contributed by atoms with Crippen LogP contribution < -0.4 is 10.1 Å². The second-order valence-corrected chi connectivity index (χ2v) is 6.68. The van der Waals surface area contributed by atoms with Crippen LogP contribution in [0.5, 0.6) is 5.75 Å². The lowest BCUT2D eigenvalue weighted by Gasteiger charge is -2.34. The van der Waals surface area contributed by atoms with Gasteiger partial charge in [0.15, 0.2) is 6.10 Å². The van der Waals surface area contributed by atoms with Crippen LogP contribution in [0.15, 0.2) is 28.7 Å². The third-order valence-electron chi connectivity index (χ3n) is 4.01. The van der Waals surface area contributed by atoms with Crippen molar-refractivity contribution < 1.29 is 22.7 Å². The summed E-state index contributed by atoms with van der Waals surface area (Å²) in [4.78, 5) is 12.1. The number of amides is 1. The van der Waals surface area contributed by atoms with Crippen molar-refractivity contribution in [3.63, 3.8) is 0 Å². The van der Waals surface area contributed by atoms with Gasteiger partial charge in [-0.2, -0.15) is 13.2 Å². The SMILES string of the molecule is CC(Oc1ccc(Br)cc1)C(=O)NC1CCCCC1C(F)(F)F. The van der Waals surface area contributed by atoms with E-state index in [2.05, 4.69) is 21.2 Å². The average molecular weight is 394 g/mol. The van der Waals surface area contributed by atoms with Gasteiger partial charge in [-0.3, -0.25) is 4.79 Å². The third kappa shape index (κ3) is 5.12. The Morgan fingerprint density at radius 2 is 1.87 bits per heavy atom. The molecular formula is C16H19BrF3NO2. The van der Waals surface area contributed by atoms with Gasteiger partial charge in [0.2, 0.25) is 0 Å². The largest absolute Gasteiger partial charge is 0.481 e. The molecular weight excluding hydrogens is 375 g/mol. The van der Waals surface area contributed by atoms with Crippen molar-refractivity contribution in [3.8, 4) is 5.75 Å². The van der Waals surface area contributed by atoms with Gasteiger partial charge in [0.05, 0.1) is 5.92 Å². The van der Waals surface area contributed by atoms with Crippen LogP contribution >= 0.6 is 15.9 Å². The summed E-state index contributed by atoms with van der Waals surface area (Å²) in [5, 5.41) is 2.51. The van der Waals surface area contributed by atoms with Gasteiger partial charge < -0.3 is 10.1 Å². The van der Waals surface area contributed by atoms with Crippen LogP contribution in [0.25, 0.3) is 0 Å². The maximum Gasteiger partial charge on any atom is 0.393 e. The maximum atomic E-state index is 13.0. The number of rotatable bonds is 4. The molecule has 3 nitrogen and oxygen atoms in total. The van der Waals surface area contributed by atoms with Crippen LogP contribution in [-0.4, -0.2) is 24.2 Å². The van der Waals surface area contributed by atoms with Crippen molar-refractivity contribution in [1.29, 1.82) is 0 Å². The lowest BCUT2D eigenvalue weighted by Crippen LogP contribution is -2.50. The molecule has 1 fully saturated rings. The number of nitrogens with one attached hydrogen (secondary N) is 1. The maximum absolute atomic E-state index is 13.0. The molecule has 2 rings (SSSR count). The number of carbonyl (C=O) groups excluding carboxylic acids is 1. The van der Waals surface area contributed by atoms with E-state index in [0.29, 0.717) is 25.0 Å². The molecule has 0 spiro atoms. The van der Waals surface area contributed by atoms with Gasteiger partial charge in [0.25, 0.3) is 5.91 Å². The summed E-state index contributed by atoms with van der Waals surface area (Å²) in [5.74, 6) is -1.50. The molecule has 128 valence electrons. The Hall–Kier alpha value is -1.24. The summed E-state index contributed by atoms with van der Waals surface area (Å²) in [6.07, 6.45) is -3.49. The van der Waals surface area contributed by atoms with Gasteiger partial charge in [-0.05, 0) is 44.0 Å². The van der Waals surface area contributed by atoms with Crippen LogP contribution in [0.3, 0.4) is 0 Å². The van der Waals surface area contributed by atoms with Gasteiger partial charge in [-0.1, -0.05) is 28.8 Å². The highest BCUT2D eigenvalue weighted by molar-refractivity contribution is 9.10. The summed E-state index contributed by atoms with van der Waals surface area (Å²) < 4.78 is 45.5. The number of benzene rings is 1. The highest BCUT2D eigenvalue weighted by atomic mass is 79.9. The molecule has 7 heteroatoms. The lowest BCUT2D eigenvalue weighted by molar-refractivity contribution is -0.189. The zero-order chi connectivity index (χ0) is 17.0. The zero-order valence-corrected chi connectivity index (χ0v) is 14.3. The molecule has 0 aliphatic heterocycles. The van der Waals surface area contributed by atoms with E-state index in [0.717, 1.165) is 4.47 Å². The standard InChI is InChI=1S/C16H19BrF3NO2/c1-10(23-12-8-6-11(17)7-9-12)15(22)21-14-5-3-2-4-13(14)16(18,19)20/h6-10,13-14H,2-5H2,1H3,(H,21,22). The Kier molecular flexibility index (Phi) is 5.95. The van der Waals surface area contributed by atoms with E-state index < -0.39 is 30.1 Å². The zero-order valence-electron chi connectivity index (χ0n) is 12.7. The molecule has 0 radical (unpaired) electrons. The van der Waals surface area contributed by atoms with Crippen molar-refractivity contribution >= 4 is 21.8 Å². The molecule has 1 aromatic carbocycles. The van der Waals surface area contributed by atoms with E-state index in [1.54, 1.807) is 24.3 Å². The monoisotopic (exact) mass is 393 g/mol. The minimum absolute atomic E-state index is 0.0659. The Morgan fingerprint density at radius 1 is 1.26 bits per heavy atom. The number of alkyl halides is 3. The molecule has 3 unspecified atom stereocenters.